The highest BCUT2D eigenvalue weighted by Gasteiger charge is 2.42. The van der Waals surface area contributed by atoms with Crippen LogP contribution in [0.5, 0.6) is 11.5 Å². The van der Waals surface area contributed by atoms with Crippen molar-refractivity contribution in [3.63, 3.8) is 0 Å². The zero-order valence-corrected chi connectivity index (χ0v) is 27.9. The minimum atomic E-state index is -1.32. The van der Waals surface area contributed by atoms with Crippen molar-refractivity contribution >= 4 is 5.91 Å². The number of ether oxygens (including phenoxy) is 4. The number of imidazole rings is 1. The fraction of sp³-hybridized carbons (Fsp3) is 0.297. The van der Waals surface area contributed by atoms with E-state index in [4.69, 9.17) is 18.9 Å². The molecule has 13 heteroatoms. The van der Waals surface area contributed by atoms with Gasteiger partial charge in [0.05, 0.1) is 33.3 Å². The first-order chi connectivity index (χ1) is 24.2. The number of nitrogens with one attached hydrogen (secondary N) is 2. The molecule has 0 aliphatic carbocycles. The van der Waals surface area contributed by atoms with Gasteiger partial charge in [0.1, 0.15) is 29.4 Å². The van der Waals surface area contributed by atoms with Crippen LogP contribution in [-0.2, 0) is 21.6 Å². The average molecular weight is 682 g/mol. The summed E-state index contributed by atoms with van der Waals surface area (Å²) >= 11 is 0. The Morgan fingerprint density at radius 2 is 1.70 bits per heavy atom. The van der Waals surface area contributed by atoms with E-state index >= 15 is 0 Å². The summed E-state index contributed by atoms with van der Waals surface area (Å²) in [4.78, 5) is 44.4. The summed E-state index contributed by atoms with van der Waals surface area (Å²) in [6.45, 7) is 2.45. The topological polar surface area (TPSA) is 159 Å². The number of hydrogen-bond donors (Lipinski definition) is 3. The van der Waals surface area contributed by atoms with E-state index in [-0.39, 0.29) is 18.9 Å². The molecule has 1 amide bonds. The van der Waals surface area contributed by atoms with Crippen LogP contribution >= 0.6 is 0 Å². The summed E-state index contributed by atoms with van der Waals surface area (Å²) in [5.74, 6) is 1.02. The number of amides is 1. The van der Waals surface area contributed by atoms with Gasteiger partial charge in [-0.15, -0.1) is 0 Å². The number of H-pyrrole nitrogens is 1. The summed E-state index contributed by atoms with van der Waals surface area (Å²) < 4.78 is 27.2. The van der Waals surface area contributed by atoms with Crippen LogP contribution in [0.2, 0.25) is 0 Å². The Hall–Kier alpha value is -5.50. The third-order valence-electron chi connectivity index (χ3n) is 8.86. The average Bonchev–Trinajstić information content (AvgIpc) is 3.80. The Bertz CT molecular complexity index is 1980. The predicted molar refractivity (Wildman–Crippen MR) is 183 cm³/mol. The zero-order valence-electron chi connectivity index (χ0n) is 27.9. The molecule has 0 unspecified atom stereocenters. The molecule has 0 bridgehead atoms. The molecule has 50 heavy (non-hydrogen) atoms. The smallest absolute Gasteiger partial charge is 0.330 e. The number of hydrogen-bond acceptors (Lipinski definition) is 9. The number of methoxy groups -OCH3 is 2. The van der Waals surface area contributed by atoms with Gasteiger partial charge in [0.25, 0.3) is 11.5 Å². The van der Waals surface area contributed by atoms with Gasteiger partial charge in [0.15, 0.2) is 0 Å². The summed E-state index contributed by atoms with van der Waals surface area (Å²) in [6, 6.07) is 22.1. The van der Waals surface area contributed by atoms with Gasteiger partial charge in [-0.3, -0.25) is 19.1 Å². The van der Waals surface area contributed by atoms with Crippen molar-refractivity contribution in [2.75, 3.05) is 27.4 Å². The minimum absolute atomic E-state index is 0.103. The quantitative estimate of drug-likeness (QED) is 0.159. The number of carbonyl (C=O) groups is 1. The van der Waals surface area contributed by atoms with E-state index in [2.05, 4.69) is 15.3 Å². The lowest BCUT2D eigenvalue weighted by Crippen LogP contribution is -2.38. The number of rotatable bonds is 13. The highest BCUT2D eigenvalue weighted by molar-refractivity contribution is 5.94. The lowest BCUT2D eigenvalue weighted by Gasteiger charge is -2.37. The van der Waals surface area contributed by atoms with Crippen molar-refractivity contribution in [1.29, 1.82) is 0 Å². The monoisotopic (exact) mass is 681 g/mol. The molecule has 3 atom stereocenters. The fourth-order valence-corrected chi connectivity index (χ4v) is 6.14. The van der Waals surface area contributed by atoms with Crippen LogP contribution < -0.4 is 26.0 Å². The predicted octanol–water partition coefficient (Wildman–Crippen LogP) is 3.15. The molecule has 5 aromatic rings. The zero-order chi connectivity index (χ0) is 35.3. The van der Waals surface area contributed by atoms with Gasteiger partial charge in [-0.25, -0.2) is 9.78 Å². The van der Waals surface area contributed by atoms with E-state index < -0.39 is 35.3 Å². The first-order valence-corrected chi connectivity index (χ1v) is 16.1. The van der Waals surface area contributed by atoms with Crippen LogP contribution in [0.4, 0.5) is 0 Å². The Balaban J connectivity index is 1.38. The fourth-order valence-electron chi connectivity index (χ4n) is 6.14. The number of benzene rings is 3. The second kappa shape index (κ2) is 14.9. The largest absolute Gasteiger partial charge is 0.497 e. The highest BCUT2D eigenvalue weighted by atomic mass is 16.6. The third kappa shape index (κ3) is 7.10. The van der Waals surface area contributed by atoms with E-state index in [1.807, 2.05) is 65.4 Å². The van der Waals surface area contributed by atoms with Crippen molar-refractivity contribution in [1.82, 2.24) is 24.4 Å². The molecular weight excluding hydrogens is 642 g/mol. The van der Waals surface area contributed by atoms with E-state index in [1.54, 1.807) is 51.9 Å². The number of aromatic amines is 1. The van der Waals surface area contributed by atoms with Gasteiger partial charge in [-0.2, -0.15) is 0 Å². The van der Waals surface area contributed by atoms with E-state index in [0.29, 0.717) is 41.3 Å². The van der Waals surface area contributed by atoms with Gasteiger partial charge >= 0.3 is 5.69 Å². The Kier molecular flexibility index (Phi) is 10.3. The third-order valence-corrected chi connectivity index (χ3v) is 8.86. The molecule has 6 rings (SSSR count). The molecule has 2 aromatic heterocycles. The van der Waals surface area contributed by atoms with Crippen LogP contribution in [0, 0.1) is 6.92 Å². The molecule has 13 nitrogen and oxygen atoms in total. The normalized spacial score (nSPS) is 17.4. The number of aliphatic hydroxyl groups is 1. The number of carbonyl (C=O) groups excluding carboxylic acids is 1. The summed E-state index contributed by atoms with van der Waals surface area (Å²) in [5, 5.41) is 14.1. The maximum atomic E-state index is 13.4. The minimum Gasteiger partial charge on any atom is -0.497 e. The molecule has 0 saturated carbocycles. The van der Waals surface area contributed by atoms with Gasteiger partial charge in [0, 0.05) is 49.2 Å². The maximum Gasteiger partial charge on any atom is 0.330 e. The Morgan fingerprint density at radius 1 is 1.02 bits per heavy atom. The van der Waals surface area contributed by atoms with E-state index in [1.165, 1.54) is 10.8 Å². The van der Waals surface area contributed by atoms with Crippen LogP contribution in [-0.4, -0.2) is 69.7 Å². The van der Waals surface area contributed by atoms with Crippen LogP contribution in [0.1, 0.15) is 45.3 Å². The van der Waals surface area contributed by atoms with Crippen molar-refractivity contribution in [3.8, 4) is 11.5 Å². The number of aliphatic hydroxyl groups excluding tert-OH is 1. The summed E-state index contributed by atoms with van der Waals surface area (Å²) in [7, 11) is 3.17. The molecular formula is C37H39N5O8. The first-order valence-electron chi connectivity index (χ1n) is 16.1. The maximum absolute atomic E-state index is 13.4. The Labute approximate surface area is 288 Å². The van der Waals surface area contributed by atoms with Crippen molar-refractivity contribution in [2.45, 2.75) is 43.9 Å². The molecule has 0 radical (unpaired) electrons. The molecule has 1 aliphatic heterocycles. The van der Waals surface area contributed by atoms with Crippen LogP contribution in [0.3, 0.4) is 0 Å². The van der Waals surface area contributed by atoms with Gasteiger partial charge < -0.3 is 33.9 Å². The number of nitrogens with zero attached hydrogens (tertiary/aromatic N) is 3. The lowest BCUT2D eigenvalue weighted by molar-refractivity contribution is -0.0944. The molecule has 1 saturated heterocycles. The van der Waals surface area contributed by atoms with Crippen molar-refractivity contribution in [3.05, 3.63) is 146 Å². The van der Waals surface area contributed by atoms with Gasteiger partial charge in [0.2, 0.25) is 0 Å². The standard InChI is InChI=1S/C37H39N5O8/c1-24-21-42(36(46)40-34(24)44)33-20-31(43)32(50-33)22-49-37(26-7-11-29(47-2)12-8-26,27-9-13-30(48-3)14-10-27)28-6-4-5-25(19-28)35(45)39-16-18-41-17-15-38-23-41/h4-15,17,19,21,23,31-33,43H,16,18,20,22H2,1-3H3,(H,39,45)(H,40,44,46)/t31-,32+,33+/m0/s1. The number of aromatic nitrogens is 4. The van der Waals surface area contributed by atoms with Gasteiger partial charge in [-0.05, 0) is 60.0 Å². The second-order valence-electron chi connectivity index (χ2n) is 12.0. The second-order valence-corrected chi connectivity index (χ2v) is 12.0. The molecule has 1 fully saturated rings. The molecule has 3 heterocycles. The van der Waals surface area contributed by atoms with E-state index in [9.17, 15) is 19.5 Å². The van der Waals surface area contributed by atoms with E-state index in [0.717, 1.165) is 11.1 Å². The highest BCUT2D eigenvalue weighted by Crippen LogP contribution is 2.43. The first kappa shape index (κ1) is 34.4. The van der Waals surface area contributed by atoms with Crippen LogP contribution in [0.15, 0.2) is 107 Å². The lowest BCUT2D eigenvalue weighted by atomic mass is 9.79. The molecule has 0 spiro atoms. The van der Waals surface area contributed by atoms with Gasteiger partial charge in [-0.1, -0.05) is 36.4 Å². The SMILES string of the molecule is COc1ccc(C(OC[C@H]2O[C@@H](n3cc(C)c(=O)[nH]c3=O)C[C@@H]2O)(c2ccc(OC)cc2)c2cccc(C(=O)NCCn3ccnc3)c2)cc1. The van der Waals surface area contributed by atoms with Crippen molar-refractivity contribution in [2.24, 2.45) is 0 Å². The summed E-state index contributed by atoms with van der Waals surface area (Å²) in [5.41, 5.74) is 0.409. The Morgan fingerprint density at radius 3 is 2.32 bits per heavy atom. The molecule has 3 N–H and O–H groups in total. The molecule has 1 aliphatic rings. The number of aryl methyl sites for hydroxylation is 1. The van der Waals surface area contributed by atoms with Crippen molar-refractivity contribution < 1.29 is 28.8 Å². The summed E-state index contributed by atoms with van der Waals surface area (Å²) in [6.07, 6.45) is 4.07. The molecule has 260 valence electrons. The van der Waals surface area contributed by atoms with Crippen LogP contribution in [0.25, 0.3) is 0 Å². The molecule has 3 aromatic carbocycles.